The fourth-order valence-corrected chi connectivity index (χ4v) is 4.63. The van der Waals surface area contributed by atoms with Crippen molar-refractivity contribution in [1.29, 1.82) is 0 Å². The predicted octanol–water partition coefficient (Wildman–Crippen LogP) is 10.3. The molecule has 0 aromatic carbocycles. The minimum atomic E-state index is -0.674. The van der Waals surface area contributed by atoms with E-state index in [1.54, 1.807) is 0 Å². The van der Waals surface area contributed by atoms with E-state index in [1.807, 2.05) is 0 Å². The molecular formula is C32H60O4. The number of esters is 1. The number of rotatable bonds is 28. The SMILES string of the molecule is CCCC/C=C\CCCCCCCCC(=O)OC(CC)CCCCCCCCCCCCCC(=O)O. The van der Waals surface area contributed by atoms with Gasteiger partial charge in [0.05, 0.1) is 0 Å². The third-order valence-electron chi connectivity index (χ3n) is 7.06. The molecule has 0 bridgehead atoms. The summed E-state index contributed by atoms with van der Waals surface area (Å²) in [6, 6.07) is 0. The van der Waals surface area contributed by atoms with Gasteiger partial charge in [-0.2, -0.15) is 0 Å². The maximum Gasteiger partial charge on any atom is 0.306 e. The first kappa shape index (κ1) is 34.7. The Morgan fingerprint density at radius 2 is 1.06 bits per heavy atom. The van der Waals surface area contributed by atoms with E-state index >= 15 is 0 Å². The molecule has 0 fully saturated rings. The normalized spacial score (nSPS) is 12.3. The van der Waals surface area contributed by atoms with Crippen LogP contribution in [0.4, 0.5) is 0 Å². The van der Waals surface area contributed by atoms with Gasteiger partial charge in [0.25, 0.3) is 0 Å². The van der Waals surface area contributed by atoms with Crippen LogP contribution in [0, 0.1) is 0 Å². The third-order valence-corrected chi connectivity index (χ3v) is 7.06. The van der Waals surface area contributed by atoms with E-state index in [2.05, 4.69) is 26.0 Å². The second-order valence-electron chi connectivity index (χ2n) is 10.6. The number of ether oxygens (including phenoxy) is 1. The Labute approximate surface area is 224 Å². The minimum absolute atomic E-state index is 0.00188. The van der Waals surface area contributed by atoms with Crippen LogP contribution >= 0.6 is 0 Å². The van der Waals surface area contributed by atoms with Gasteiger partial charge in [-0.15, -0.1) is 0 Å². The lowest BCUT2D eigenvalue weighted by Gasteiger charge is -2.16. The van der Waals surface area contributed by atoms with Crippen molar-refractivity contribution in [2.24, 2.45) is 0 Å². The molecule has 0 radical (unpaired) electrons. The number of carbonyl (C=O) groups excluding carboxylic acids is 1. The highest BCUT2D eigenvalue weighted by atomic mass is 16.5. The first-order valence-electron chi connectivity index (χ1n) is 15.7. The summed E-state index contributed by atoms with van der Waals surface area (Å²) in [5.74, 6) is -0.672. The molecule has 36 heavy (non-hydrogen) atoms. The molecule has 0 saturated heterocycles. The monoisotopic (exact) mass is 508 g/mol. The van der Waals surface area contributed by atoms with Gasteiger partial charge in [0.15, 0.2) is 0 Å². The quantitative estimate of drug-likeness (QED) is 0.0648. The minimum Gasteiger partial charge on any atom is -0.481 e. The van der Waals surface area contributed by atoms with Crippen molar-refractivity contribution in [2.75, 3.05) is 0 Å². The van der Waals surface area contributed by atoms with E-state index in [0.29, 0.717) is 12.8 Å². The van der Waals surface area contributed by atoms with Gasteiger partial charge in [0.1, 0.15) is 6.10 Å². The molecule has 0 aromatic rings. The van der Waals surface area contributed by atoms with E-state index in [1.165, 1.54) is 103 Å². The summed E-state index contributed by atoms with van der Waals surface area (Å²) in [7, 11) is 0. The summed E-state index contributed by atoms with van der Waals surface area (Å²) in [5.41, 5.74) is 0. The average molecular weight is 509 g/mol. The number of allylic oxidation sites excluding steroid dienone is 2. The summed E-state index contributed by atoms with van der Waals surface area (Å²) in [6.45, 7) is 4.36. The second-order valence-corrected chi connectivity index (χ2v) is 10.6. The molecule has 0 spiro atoms. The Morgan fingerprint density at radius 1 is 0.611 bits per heavy atom. The topological polar surface area (TPSA) is 63.6 Å². The number of carboxylic acids is 1. The Morgan fingerprint density at radius 3 is 1.56 bits per heavy atom. The zero-order valence-corrected chi connectivity index (χ0v) is 24.1. The van der Waals surface area contributed by atoms with Crippen molar-refractivity contribution in [3.8, 4) is 0 Å². The van der Waals surface area contributed by atoms with E-state index in [0.717, 1.165) is 44.9 Å². The van der Waals surface area contributed by atoms with Crippen molar-refractivity contribution >= 4 is 11.9 Å². The molecule has 1 N–H and O–H groups in total. The number of carboxylic acid groups (broad SMARTS) is 1. The Hall–Kier alpha value is -1.32. The summed E-state index contributed by atoms with van der Waals surface area (Å²) >= 11 is 0. The van der Waals surface area contributed by atoms with Crippen LogP contribution in [0.2, 0.25) is 0 Å². The lowest BCUT2D eigenvalue weighted by molar-refractivity contribution is -0.149. The number of aliphatic carboxylic acids is 1. The molecule has 1 unspecified atom stereocenters. The Balaban J connectivity index is 3.46. The molecule has 0 aliphatic carbocycles. The van der Waals surface area contributed by atoms with Gasteiger partial charge in [-0.1, -0.05) is 122 Å². The second kappa shape index (κ2) is 28.3. The summed E-state index contributed by atoms with van der Waals surface area (Å²) < 4.78 is 5.73. The van der Waals surface area contributed by atoms with Crippen LogP contribution in [-0.4, -0.2) is 23.1 Å². The lowest BCUT2D eigenvalue weighted by Crippen LogP contribution is -2.17. The molecule has 0 amide bonds. The van der Waals surface area contributed by atoms with Gasteiger partial charge >= 0.3 is 11.9 Å². The van der Waals surface area contributed by atoms with Crippen molar-refractivity contribution in [1.82, 2.24) is 0 Å². The molecule has 0 aliphatic heterocycles. The number of hydrogen-bond acceptors (Lipinski definition) is 3. The van der Waals surface area contributed by atoms with Gasteiger partial charge in [0.2, 0.25) is 0 Å². The number of unbranched alkanes of at least 4 members (excludes halogenated alkanes) is 18. The van der Waals surface area contributed by atoms with Crippen molar-refractivity contribution in [3.05, 3.63) is 12.2 Å². The fraction of sp³-hybridized carbons (Fsp3) is 0.875. The van der Waals surface area contributed by atoms with Gasteiger partial charge in [-0.25, -0.2) is 0 Å². The molecule has 0 aromatic heterocycles. The molecule has 0 heterocycles. The molecule has 212 valence electrons. The van der Waals surface area contributed by atoms with E-state index in [-0.39, 0.29) is 12.1 Å². The summed E-state index contributed by atoms with van der Waals surface area (Å²) in [4.78, 5) is 22.7. The Bertz CT molecular complexity index is 514. The van der Waals surface area contributed by atoms with E-state index in [4.69, 9.17) is 9.84 Å². The van der Waals surface area contributed by atoms with Crippen molar-refractivity contribution in [2.45, 2.75) is 180 Å². The van der Waals surface area contributed by atoms with Gasteiger partial charge < -0.3 is 9.84 Å². The molecule has 1 atom stereocenters. The molecule has 4 nitrogen and oxygen atoms in total. The standard InChI is InChI=1S/C32H60O4/c1-3-5-6-7-8-9-10-14-17-20-23-26-29-32(35)36-30(4-2)27-24-21-18-15-12-11-13-16-19-22-25-28-31(33)34/h7-8,30H,3-6,9-29H2,1-2H3,(H,33,34)/b8-7-. The van der Waals surface area contributed by atoms with Crippen LogP contribution < -0.4 is 0 Å². The molecule has 0 rings (SSSR count). The number of carbonyl (C=O) groups is 2. The highest BCUT2D eigenvalue weighted by Crippen LogP contribution is 2.16. The van der Waals surface area contributed by atoms with Crippen LogP contribution in [0.15, 0.2) is 12.2 Å². The van der Waals surface area contributed by atoms with Crippen LogP contribution in [0.25, 0.3) is 0 Å². The van der Waals surface area contributed by atoms with Crippen LogP contribution in [0.3, 0.4) is 0 Å². The highest BCUT2D eigenvalue weighted by molar-refractivity contribution is 5.69. The maximum atomic E-state index is 12.2. The first-order chi connectivity index (χ1) is 17.6. The number of hydrogen-bond donors (Lipinski definition) is 1. The van der Waals surface area contributed by atoms with Crippen LogP contribution in [-0.2, 0) is 14.3 Å². The first-order valence-corrected chi connectivity index (χ1v) is 15.7. The van der Waals surface area contributed by atoms with Crippen LogP contribution in [0.1, 0.15) is 174 Å². The molecule has 0 aliphatic rings. The maximum absolute atomic E-state index is 12.2. The van der Waals surface area contributed by atoms with Gasteiger partial charge in [0, 0.05) is 12.8 Å². The zero-order chi connectivity index (χ0) is 26.5. The summed E-state index contributed by atoms with van der Waals surface area (Å²) in [6.07, 6.45) is 33.0. The molecule has 0 saturated carbocycles. The van der Waals surface area contributed by atoms with Crippen molar-refractivity contribution < 1.29 is 19.4 Å². The van der Waals surface area contributed by atoms with E-state index < -0.39 is 5.97 Å². The predicted molar refractivity (Wildman–Crippen MR) is 153 cm³/mol. The van der Waals surface area contributed by atoms with E-state index in [9.17, 15) is 9.59 Å². The lowest BCUT2D eigenvalue weighted by atomic mass is 10.0. The molecule has 4 heteroatoms. The smallest absolute Gasteiger partial charge is 0.306 e. The molecular weight excluding hydrogens is 448 g/mol. The zero-order valence-electron chi connectivity index (χ0n) is 24.1. The van der Waals surface area contributed by atoms with Crippen molar-refractivity contribution in [3.63, 3.8) is 0 Å². The fourth-order valence-electron chi connectivity index (χ4n) is 4.63. The van der Waals surface area contributed by atoms with Gasteiger partial charge in [-0.3, -0.25) is 9.59 Å². The van der Waals surface area contributed by atoms with Crippen LogP contribution in [0.5, 0.6) is 0 Å². The highest BCUT2D eigenvalue weighted by Gasteiger charge is 2.12. The van der Waals surface area contributed by atoms with Gasteiger partial charge in [-0.05, 0) is 51.4 Å². The largest absolute Gasteiger partial charge is 0.481 e. The summed E-state index contributed by atoms with van der Waals surface area (Å²) in [5, 5.41) is 8.63. The Kier molecular flexibility index (Phi) is 27.2. The third kappa shape index (κ3) is 27.3. The average Bonchev–Trinajstić information content (AvgIpc) is 2.86.